The van der Waals surface area contributed by atoms with Gasteiger partial charge in [-0.15, -0.1) is 0 Å². The second kappa shape index (κ2) is 17.5. The molecule has 0 radical (unpaired) electrons. The first-order valence-electron chi connectivity index (χ1n) is 26.3. The predicted octanol–water partition coefficient (Wildman–Crippen LogP) is 8.80. The van der Waals surface area contributed by atoms with E-state index in [2.05, 4.69) is 30.6 Å². The van der Waals surface area contributed by atoms with E-state index < -0.39 is 11.2 Å². The molecule has 0 unspecified atom stereocenters. The molecule has 8 heteroatoms. The Morgan fingerprint density at radius 2 is 0.902 bits per heavy atom. The van der Waals surface area contributed by atoms with Crippen LogP contribution in [0.15, 0.2) is 0 Å². The van der Waals surface area contributed by atoms with E-state index in [0.29, 0.717) is 29.9 Å². The molecule has 2 aliphatic heterocycles. The van der Waals surface area contributed by atoms with Gasteiger partial charge in [-0.25, -0.2) is 0 Å². The summed E-state index contributed by atoms with van der Waals surface area (Å²) in [7, 11) is 0. The zero-order valence-corrected chi connectivity index (χ0v) is 39.4. The molecule has 2 N–H and O–H groups in total. The lowest BCUT2D eigenvalue weighted by Crippen LogP contribution is -2.52. The predicted molar refractivity (Wildman–Crippen MR) is 241 cm³/mol. The van der Waals surface area contributed by atoms with Crippen LogP contribution in [0.3, 0.4) is 0 Å². The number of carbonyl (C=O) groups excluding carboxylic acids is 3. The fraction of sp³-hybridized carbons (Fsp3) is 0.943. The van der Waals surface area contributed by atoms with E-state index in [1.54, 1.807) is 6.92 Å². The number of hydrogen-bond acceptors (Lipinski definition) is 7. The summed E-state index contributed by atoms with van der Waals surface area (Å²) in [5.74, 6) is 9.71. The molecule has 8 saturated carbocycles. The average Bonchev–Trinajstić information content (AvgIpc) is 3.77. The molecule has 0 aromatic heterocycles. The Bertz CT molecular complexity index is 1600. The van der Waals surface area contributed by atoms with Crippen LogP contribution in [0.5, 0.6) is 0 Å². The van der Waals surface area contributed by atoms with Crippen LogP contribution in [-0.4, -0.2) is 106 Å². The first-order valence-corrected chi connectivity index (χ1v) is 26.3. The molecule has 0 spiro atoms. The van der Waals surface area contributed by atoms with Crippen molar-refractivity contribution in [2.24, 2.45) is 81.8 Å². The van der Waals surface area contributed by atoms with Crippen LogP contribution in [0, 0.1) is 81.8 Å². The number of hydrogen-bond donors (Lipinski definition) is 2. The monoisotopic (exact) mass is 846 g/mol. The molecule has 1 amide bonds. The third-order valence-corrected chi connectivity index (χ3v) is 21.3. The van der Waals surface area contributed by atoms with E-state index in [9.17, 15) is 24.6 Å². The van der Waals surface area contributed by atoms with Gasteiger partial charge in [-0.1, -0.05) is 20.3 Å². The molecule has 10 rings (SSSR count). The third kappa shape index (κ3) is 8.75. The summed E-state index contributed by atoms with van der Waals surface area (Å²) in [6, 6.07) is 0. The summed E-state index contributed by atoms with van der Waals surface area (Å²) in [6.07, 6.45) is 25.5. The first-order chi connectivity index (χ1) is 29.1. The topological polar surface area (TPSA) is 101 Å². The van der Waals surface area contributed by atoms with Gasteiger partial charge in [0.1, 0.15) is 11.6 Å². The molecule has 0 aromatic carbocycles. The normalized spacial score (nSPS) is 48.5. The molecule has 0 bridgehead atoms. The van der Waals surface area contributed by atoms with Gasteiger partial charge in [0.05, 0.1) is 24.3 Å². The van der Waals surface area contributed by atoms with Gasteiger partial charge in [0.25, 0.3) is 0 Å². The van der Waals surface area contributed by atoms with Gasteiger partial charge in [-0.3, -0.25) is 24.2 Å². The molecule has 2 heterocycles. The highest BCUT2D eigenvalue weighted by atomic mass is 16.3. The molecule has 344 valence electrons. The van der Waals surface area contributed by atoms with Gasteiger partial charge in [-0.2, -0.15) is 0 Å². The lowest BCUT2D eigenvalue weighted by Gasteiger charge is -2.57. The SMILES string of the molecule is CC(=O)N1CCN(CC(=O)[C@H]2CC[C@H]3[C@@H]4CC[C@H]5C[C@](C)(O)CC[C@@H]5[C@H]4CC[C@]23C)CC1.C[C@@]1(O)CC[C@H]2[C@H](CC[C@@H]3[C@@H]2CC[C@]2(C)[C@@H](C(=O)CN4CCCCC4)CC[C@@H]32)C1. The molecular weight excluding hydrogens is 759 g/mol. The number of amides is 1. The molecule has 16 atom stereocenters. The minimum absolute atomic E-state index is 0.148. The van der Waals surface area contributed by atoms with Crippen molar-refractivity contribution in [3.05, 3.63) is 0 Å². The molecule has 8 nitrogen and oxygen atoms in total. The standard InChI is InChI=1S/C27H44N2O3.C26H43NO2/c1-18(30)29-14-12-28(13-15-29)17-25(31)24-7-6-23-22-5-4-19-16-26(2,32)10-8-20(19)21(22)9-11-27(23,24)3;1-25(29)12-10-19-18(16-25)6-7-21-20(19)11-13-26(2)22(21)8-9-23(26)24(28)17-27-14-4-3-5-15-27/h19-24,32H,4-17H2,1-3H3;18-23,29H,3-17H2,1-2H3/t19-,20-,21+,22+,23-,24+,26+,27-;18-,19+,20-,21-,22+,23-,25-,26+/m01/s1. The van der Waals surface area contributed by atoms with Gasteiger partial charge >= 0.3 is 0 Å². The fourth-order valence-corrected chi connectivity index (χ4v) is 18.2. The van der Waals surface area contributed by atoms with Gasteiger partial charge in [0, 0.05) is 44.9 Å². The summed E-state index contributed by atoms with van der Waals surface area (Å²) in [5.41, 5.74) is -0.415. The van der Waals surface area contributed by atoms with Crippen LogP contribution in [0.4, 0.5) is 0 Å². The maximum atomic E-state index is 13.5. The Kier molecular flexibility index (Phi) is 12.8. The molecule has 10 aliphatic rings. The van der Waals surface area contributed by atoms with Crippen molar-refractivity contribution in [1.29, 1.82) is 0 Å². The lowest BCUT2D eigenvalue weighted by molar-refractivity contribution is -0.135. The second-order valence-corrected chi connectivity index (χ2v) is 24.8. The number of carbonyl (C=O) groups is 3. The summed E-state index contributed by atoms with van der Waals surface area (Å²) < 4.78 is 0. The van der Waals surface area contributed by atoms with E-state index in [-0.39, 0.29) is 22.7 Å². The minimum atomic E-state index is -0.446. The number of nitrogens with zero attached hydrogens (tertiary/aromatic N) is 3. The Labute approximate surface area is 370 Å². The maximum Gasteiger partial charge on any atom is 0.219 e. The number of fused-ring (bicyclic) bond motifs is 10. The fourth-order valence-electron chi connectivity index (χ4n) is 18.2. The summed E-state index contributed by atoms with van der Waals surface area (Å²) >= 11 is 0. The molecule has 2 saturated heterocycles. The van der Waals surface area contributed by atoms with E-state index in [4.69, 9.17) is 0 Å². The summed E-state index contributed by atoms with van der Waals surface area (Å²) in [5, 5.41) is 21.2. The highest BCUT2D eigenvalue weighted by Gasteiger charge is 2.60. The first kappa shape index (κ1) is 44.8. The van der Waals surface area contributed by atoms with Crippen molar-refractivity contribution in [3.8, 4) is 0 Å². The Hall–Kier alpha value is -1.35. The van der Waals surface area contributed by atoms with Crippen molar-refractivity contribution in [1.82, 2.24) is 14.7 Å². The number of piperidine rings is 1. The number of ketones is 2. The molecule has 10 fully saturated rings. The Balaban J connectivity index is 0.000000157. The average molecular weight is 846 g/mol. The van der Waals surface area contributed by atoms with Crippen molar-refractivity contribution in [2.75, 3.05) is 52.4 Å². The summed E-state index contributed by atoms with van der Waals surface area (Å²) in [4.78, 5) is 45.1. The van der Waals surface area contributed by atoms with Crippen LogP contribution >= 0.6 is 0 Å². The van der Waals surface area contributed by atoms with E-state index >= 15 is 0 Å². The largest absolute Gasteiger partial charge is 0.390 e. The van der Waals surface area contributed by atoms with Gasteiger partial charge in [0.15, 0.2) is 0 Å². The Morgan fingerprint density at radius 3 is 1.34 bits per heavy atom. The molecule has 8 aliphatic carbocycles. The van der Waals surface area contributed by atoms with Crippen LogP contribution in [0.2, 0.25) is 0 Å². The smallest absolute Gasteiger partial charge is 0.219 e. The summed E-state index contributed by atoms with van der Waals surface area (Å²) in [6.45, 7) is 17.4. The number of rotatable bonds is 6. The third-order valence-electron chi connectivity index (χ3n) is 21.3. The lowest BCUT2D eigenvalue weighted by atomic mass is 9.49. The number of piperazine rings is 1. The Morgan fingerprint density at radius 1 is 0.475 bits per heavy atom. The zero-order chi connectivity index (χ0) is 42.9. The highest BCUT2D eigenvalue weighted by Crippen LogP contribution is 2.66. The van der Waals surface area contributed by atoms with Crippen molar-refractivity contribution >= 4 is 17.5 Å². The van der Waals surface area contributed by atoms with Gasteiger partial charge < -0.3 is 15.1 Å². The van der Waals surface area contributed by atoms with E-state index in [1.807, 2.05) is 11.8 Å². The van der Waals surface area contributed by atoms with Crippen LogP contribution in [0.25, 0.3) is 0 Å². The number of Topliss-reactive ketones (excluding diaryl/α,β-unsaturated/α-hetero) is 2. The minimum Gasteiger partial charge on any atom is -0.390 e. The van der Waals surface area contributed by atoms with Gasteiger partial charge in [0.2, 0.25) is 5.91 Å². The van der Waals surface area contributed by atoms with Crippen LogP contribution < -0.4 is 0 Å². The van der Waals surface area contributed by atoms with E-state index in [1.165, 1.54) is 96.3 Å². The number of aliphatic hydroxyl groups is 2. The van der Waals surface area contributed by atoms with Crippen molar-refractivity contribution in [3.63, 3.8) is 0 Å². The van der Waals surface area contributed by atoms with Crippen molar-refractivity contribution < 1.29 is 24.6 Å². The molecule has 61 heavy (non-hydrogen) atoms. The quantitative estimate of drug-likeness (QED) is 0.276. The van der Waals surface area contributed by atoms with Crippen LogP contribution in [0.1, 0.15) is 169 Å². The second-order valence-electron chi connectivity index (χ2n) is 24.8. The molecular formula is C53H87N3O5. The zero-order valence-electron chi connectivity index (χ0n) is 39.4. The van der Waals surface area contributed by atoms with Crippen molar-refractivity contribution in [2.45, 2.75) is 181 Å². The molecule has 0 aromatic rings. The van der Waals surface area contributed by atoms with Crippen LogP contribution in [-0.2, 0) is 14.4 Å². The highest BCUT2D eigenvalue weighted by molar-refractivity contribution is 5.84. The van der Waals surface area contributed by atoms with Gasteiger partial charge in [-0.05, 0) is 225 Å². The number of likely N-dealkylation sites (tertiary alicyclic amines) is 1. The maximum absolute atomic E-state index is 13.5. The van der Waals surface area contributed by atoms with E-state index in [0.717, 1.165) is 138 Å².